The van der Waals surface area contributed by atoms with E-state index in [1.54, 1.807) is 11.8 Å². The summed E-state index contributed by atoms with van der Waals surface area (Å²) in [4.78, 5) is 22.2. The van der Waals surface area contributed by atoms with Gasteiger partial charge in [-0.05, 0) is 20.8 Å². The number of carbonyl (C=O) groups excluding carboxylic acids is 2. The van der Waals surface area contributed by atoms with Gasteiger partial charge in [0, 0.05) is 18.1 Å². The molecule has 0 aromatic rings. The lowest BCUT2D eigenvalue weighted by molar-refractivity contribution is -0.154. The van der Waals surface area contributed by atoms with E-state index in [1.807, 2.05) is 43.4 Å². The number of halogens is 1. The molecule has 0 fully saturated rings. The lowest BCUT2D eigenvalue weighted by atomic mass is 10.2. The first-order chi connectivity index (χ1) is 7.85. The molecule has 6 heteroatoms. The molecule has 4 nitrogen and oxygen atoms in total. The molecule has 0 atom stereocenters. The van der Waals surface area contributed by atoms with Gasteiger partial charge in [0.2, 0.25) is 5.91 Å². The van der Waals surface area contributed by atoms with Crippen molar-refractivity contribution in [3.05, 3.63) is 0 Å². The number of alkyl halides is 1. The van der Waals surface area contributed by atoms with Crippen LogP contribution in [0.5, 0.6) is 0 Å². The Balaban J connectivity index is 3.40. The molecule has 0 saturated carbocycles. The Morgan fingerprint density at radius 1 is 1.29 bits per heavy atom. The third-order valence-corrected chi connectivity index (χ3v) is 3.24. The Bertz CT molecular complexity index is 254. The van der Waals surface area contributed by atoms with Gasteiger partial charge in [-0.2, -0.15) is 11.8 Å². The maximum atomic E-state index is 11.3. The van der Waals surface area contributed by atoms with Crippen LogP contribution < -0.4 is 5.32 Å². The van der Waals surface area contributed by atoms with Gasteiger partial charge in [-0.25, -0.2) is 0 Å². The summed E-state index contributed by atoms with van der Waals surface area (Å²) < 4.78 is 5.66. The van der Waals surface area contributed by atoms with Gasteiger partial charge in [0.05, 0.1) is 10.8 Å². The van der Waals surface area contributed by atoms with Crippen molar-refractivity contribution in [1.82, 2.24) is 5.32 Å². The van der Waals surface area contributed by atoms with Crippen molar-refractivity contribution in [2.24, 2.45) is 0 Å². The molecule has 100 valence electrons. The summed E-state index contributed by atoms with van der Waals surface area (Å²) in [6.45, 7) is 6.23. The maximum absolute atomic E-state index is 11.3. The van der Waals surface area contributed by atoms with Crippen LogP contribution in [-0.4, -0.2) is 40.0 Å². The Kier molecular flexibility index (Phi) is 9.03. The molecule has 0 saturated heterocycles. The third-order valence-electron chi connectivity index (χ3n) is 1.56. The van der Waals surface area contributed by atoms with Crippen LogP contribution in [0.2, 0.25) is 0 Å². The quantitative estimate of drug-likeness (QED) is 0.321. The lowest BCUT2D eigenvalue weighted by Gasteiger charge is -2.19. The monoisotopic (exact) mass is 373 g/mol. The van der Waals surface area contributed by atoms with Crippen LogP contribution in [0.3, 0.4) is 0 Å². The summed E-state index contributed by atoms with van der Waals surface area (Å²) in [7, 11) is 0. The second-order valence-corrected chi connectivity index (χ2v) is 6.42. The molecular weight excluding hydrogens is 353 g/mol. The highest BCUT2D eigenvalue weighted by Gasteiger charge is 2.15. The molecule has 1 amide bonds. The van der Waals surface area contributed by atoms with Crippen molar-refractivity contribution in [3.63, 3.8) is 0 Å². The predicted octanol–water partition coefficient (Wildman–Crippen LogP) is 2.00. The van der Waals surface area contributed by atoms with Crippen molar-refractivity contribution in [1.29, 1.82) is 0 Å². The highest BCUT2D eigenvalue weighted by atomic mass is 127. The first kappa shape index (κ1) is 17.0. The van der Waals surface area contributed by atoms with Crippen molar-refractivity contribution < 1.29 is 14.3 Å². The average molecular weight is 373 g/mol. The van der Waals surface area contributed by atoms with Gasteiger partial charge >= 0.3 is 5.97 Å². The van der Waals surface area contributed by atoms with Crippen LogP contribution in [-0.2, 0) is 14.3 Å². The van der Waals surface area contributed by atoms with Crippen LogP contribution in [0.15, 0.2) is 0 Å². The summed E-state index contributed by atoms with van der Waals surface area (Å²) in [5.74, 6) is 1.44. The molecule has 1 N–H and O–H groups in total. The Morgan fingerprint density at radius 3 is 2.47 bits per heavy atom. The minimum atomic E-state index is -0.407. The maximum Gasteiger partial charge on any atom is 0.307 e. The number of carbonyl (C=O) groups is 2. The van der Waals surface area contributed by atoms with Gasteiger partial charge in [0.1, 0.15) is 5.60 Å². The van der Waals surface area contributed by atoms with E-state index in [2.05, 4.69) is 5.32 Å². The van der Waals surface area contributed by atoms with Gasteiger partial charge in [-0.3, -0.25) is 9.59 Å². The predicted molar refractivity (Wildman–Crippen MR) is 79.7 cm³/mol. The van der Waals surface area contributed by atoms with E-state index in [0.717, 1.165) is 11.5 Å². The van der Waals surface area contributed by atoms with Crippen molar-refractivity contribution in [2.45, 2.75) is 32.8 Å². The molecule has 0 radical (unpaired) electrons. The number of ether oxygens (including phenoxy) is 1. The van der Waals surface area contributed by atoms with E-state index in [0.29, 0.717) is 17.4 Å². The summed E-state index contributed by atoms with van der Waals surface area (Å²) in [5.41, 5.74) is -0.407. The van der Waals surface area contributed by atoms with Crippen LogP contribution in [0.25, 0.3) is 0 Å². The summed E-state index contributed by atoms with van der Waals surface area (Å²) in [6.07, 6.45) is 0.419. The number of amides is 1. The Labute approximate surface area is 121 Å². The molecule has 0 aromatic carbocycles. The highest BCUT2D eigenvalue weighted by molar-refractivity contribution is 14.1. The summed E-state index contributed by atoms with van der Waals surface area (Å²) >= 11 is 3.66. The van der Waals surface area contributed by atoms with Crippen LogP contribution in [0, 0.1) is 0 Å². The molecule has 0 aromatic heterocycles. The highest BCUT2D eigenvalue weighted by Crippen LogP contribution is 2.10. The summed E-state index contributed by atoms with van der Waals surface area (Å²) in [6, 6.07) is 0. The van der Waals surface area contributed by atoms with Gasteiger partial charge in [0.15, 0.2) is 0 Å². The largest absolute Gasteiger partial charge is 0.460 e. The molecule has 0 rings (SSSR count). The van der Waals surface area contributed by atoms with E-state index in [1.165, 1.54) is 0 Å². The van der Waals surface area contributed by atoms with Crippen molar-refractivity contribution in [3.8, 4) is 0 Å². The van der Waals surface area contributed by atoms with E-state index in [9.17, 15) is 9.59 Å². The SMILES string of the molecule is CC(C)(C)OC(=O)CCSCCNC(=O)CI. The zero-order valence-electron chi connectivity index (χ0n) is 10.5. The fraction of sp³-hybridized carbons (Fsp3) is 0.818. The van der Waals surface area contributed by atoms with E-state index in [4.69, 9.17) is 4.74 Å². The van der Waals surface area contributed by atoms with Crippen molar-refractivity contribution >= 4 is 46.2 Å². The minimum absolute atomic E-state index is 0.0540. The second-order valence-electron chi connectivity index (χ2n) is 4.43. The van der Waals surface area contributed by atoms with Crippen molar-refractivity contribution in [2.75, 3.05) is 22.5 Å². The topological polar surface area (TPSA) is 55.4 Å². The normalized spacial score (nSPS) is 11.1. The fourth-order valence-electron chi connectivity index (χ4n) is 0.960. The van der Waals surface area contributed by atoms with E-state index >= 15 is 0 Å². The van der Waals surface area contributed by atoms with Crippen LogP contribution in [0.4, 0.5) is 0 Å². The number of nitrogens with one attached hydrogen (secondary N) is 1. The standard InChI is InChI=1S/C11H20INO3S/c1-11(2,3)16-10(15)4-6-17-7-5-13-9(14)8-12/h4-8H2,1-3H3,(H,13,14). The number of esters is 1. The second kappa shape index (κ2) is 9.02. The van der Waals surface area contributed by atoms with E-state index in [-0.39, 0.29) is 11.9 Å². The zero-order valence-corrected chi connectivity index (χ0v) is 13.5. The van der Waals surface area contributed by atoms with Crippen LogP contribution in [0.1, 0.15) is 27.2 Å². The fourth-order valence-corrected chi connectivity index (χ4v) is 1.99. The molecule has 0 aliphatic heterocycles. The third kappa shape index (κ3) is 12.3. The zero-order chi connectivity index (χ0) is 13.3. The molecule has 17 heavy (non-hydrogen) atoms. The average Bonchev–Trinajstić information content (AvgIpc) is 2.20. The molecule has 0 aliphatic rings. The number of hydrogen-bond donors (Lipinski definition) is 1. The number of thioether (sulfide) groups is 1. The Morgan fingerprint density at radius 2 is 1.94 bits per heavy atom. The smallest absolute Gasteiger partial charge is 0.307 e. The minimum Gasteiger partial charge on any atom is -0.460 e. The molecule has 0 aliphatic carbocycles. The van der Waals surface area contributed by atoms with E-state index < -0.39 is 5.60 Å². The molecule has 0 spiro atoms. The molecule has 0 unspecified atom stereocenters. The molecule has 0 heterocycles. The molecule has 0 bridgehead atoms. The molecular formula is C11H20INO3S. The van der Waals surface area contributed by atoms with Crippen LogP contribution >= 0.6 is 34.4 Å². The number of hydrogen-bond acceptors (Lipinski definition) is 4. The van der Waals surface area contributed by atoms with Gasteiger partial charge in [0.25, 0.3) is 0 Å². The van der Waals surface area contributed by atoms with Gasteiger partial charge in [-0.15, -0.1) is 0 Å². The first-order valence-electron chi connectivity index (χ1n) is 5.47. The Hall–Kier alpha value is 0.0200. The first-order valence-corrected chi connectivity index (χ1v) is 8.15. The van der Waals surface area contributed by atoms with Gasteiger partial charge < -0.3 is 10.1 Å². The lowest BCUT2D eigenvalue weighted by Crippen LogP contribution is -2.26. The number of rotatable bonds is 7. The van der Waals surface area contributed by atoms with Gasteiger partial charge in [-0.1, -0.05) is 22.6 Å². The summed E-state index contributed by atoms with van der Waals surface area (Å²) in [5, 5.41) is 2.78.